The van der Waals surface area contributed by atoms with Crippen LogP contribution in [0.3, 0.4) is 0 Å². The van der Waals surface area contributed by atoms with Crippen molar-refractivity contribution in [2.75, 3.05) is 0 Å². The number of H-pyrrole nitrogens is 1. The molecule has 0 radical (unpaired) electrons. The largest absolute Gasteiger partial charge is 0.332 e. The third kappa shape index (κ3) is 1.49. The highest BCUT2D eigenvalue weighted by Gasteiger charge is 2.14. The molecule has 2 aromatic heterocycles. The number of hydrogen-bond donors (Lipinski definition) is 1. The topological polar surface area (TPSA) is 64.7 Å². The van der Waals surface area contributed by atoms with Crippen LogP contribution in [0, 0.1) is 4.77 Å². The molecule has 0 atom stereocenters. The second kappa shape index (κ2) is 3.99. The van der Waals surface area contributed by atoms with Crippen molar-refractivity contribution in [3.8, 4) is 0 Å². The highest BCUT2D eigenvalue weighted by Crippen LogP contribution is 2.06. The number of nitrogens with zero attached hydrogens (tertiary/aromatic N) is 3. The molecule has 0 aliphatic rings. The molecule has 0 aliphatic heterocycles. The van der Waals surface area contributed by atoms with Gasteiger partial charge in [0.15, 0.2) is 10.3 Å². The predicted octanol–water partition coefficient (Wildman–Crippen LogP) is 0.599. The number of aromatic nitrogens is 4. The van der Waals surface area contributed by atoms with Crippen molar-refractivity contribution in [2.45, 2.75) is 26.9 Å². The summed E-state index contributed by atoms with van der Waals surface area (Å²) in [5.41, 5.74) is 0.342. The van der Waals surface area contributed by atoms with E-state index in [1.54, 1.807) is 18.5 Å². The average Bonchev–Trinajstić information content (AvgIpc) is 2.57. The molecule has 0 aliphatic carbocycles. The van der Waals surface area contributed by atoms with Crippen molar-refractivity contribution in [1.82, 2.24) is 18.7 Å². The lowest BCUT2D eigenvalue weighted by molar-refractivity contribution is 0.604. The van der Waals surface area contributed by atoms with E-state index in [1.165, 1.54) is 9.13 Å². The second-order valence-electron chi connectivity index (χ2n) is 3.76. The lowest BCUT2D eigenvalue weighted by atomic mass is 10.4. The highest BCUT2D eigenvalue weighted by molar-refractivity contribution is 7.71. The van der Waals surface area contributed by atoms with Crippen molar-refractivity contribution in [2.24, 2.45) is 7.05 Å². The van der Waals surface area contributed by atoms with Gasteiger partial charge in [-0.2, -0.15) is 0 Å². The maximum absolute atomic E-state index is 12.1. The zero-order valence-corrected chi connectivity index (χ0v) is 10.8. The van der Waals surface area contributed by atoms with E-state index in [1.807, 2.05) is 6.92 Å². The fourth-order valence-corrected chi connectivity index (χ4v) is 2.16. The van der Waals surface area contributed by atoms with E-state index in [0.717, 1.165) is 0 Å². The second-order valence-corrected chi connectivity index (χ2v) is 4.15. The van der Waals surface area contributed by atoms with Crippen LogP contribution in [0.15, 0.2) is 9.59 Å². The van der Waals surface area contributed by atoms with Crippen LogP contribution < -0.4 is 11.2 Å². The van der Waals surface area contributed by atoms with E-state index in [9.17, 15) is 9.59 Å². The average molecular weight is 254 g/mol. The van der Waals surface area contributed by atoms with Gasteiger partial charge in [-0.25, -0.2) is 4.79 Å². The molecular formula is C10H14N4O2S. The fourth-order valence-electron chi connectivity index (χ4n) is 1.97. The zero-order chi connectivity index (χ0) is 12.7. The van der Waals surface area contributed by atoms with Crippen LogP contribution in [0.4, 0.5) is 0 Å². The molecule has 0 saturated heterocycles. The minimum absolute atomic E-state index is 0.299. The SMILES string of the molecule is CCn1c(=O)c2c([nH]c(=S)n2C)n(CC)c1=O. The van der Waals surface area contributed by atoms with Crippen molar-refractivity contribution in [3.63, 3.8) is 0 Å². The summed E-state index contributed by atoms with van der Waals surface area (Å²) < 4.78 is 4.78. The Kier molecular flexibility index (Phi) is 2.78. The number of aromatic amines is 1. The first kappa shape index (κ1) is 11.8. The molecule has 92 valence electrons. The standard InChI is InChI=1S/C10H14N4O2S/c1-4-13-7-6(12(3)9(17)11-7)8(15)14(5-2)10(13)16/h4-5H2,1-3H3,(H,11,17). The summed E-state index contributed by atoms with van der Waals surface area (Å²) in [4.78, 5) is 27.1. The molecule has 6 nitrogen and oxygen atoms in total. The van der Waals surface area contributed by atoms with Gasteiger partial charge in [-0.3, -0.25) is 13.9 Å². The molecule has 2 aromatic rings. The summed E-state index contributed by atoms with van der Waals surface area (Å²) in [6, 6.07) is 0. The van der Waals surface area contributed by atoms with E-state index < -0.39 is 0 Å². The van der Waals surface area contributed by atoms with E-state index in [4.69, 9.17) is 12.2 Å². The number of rotatable bonds is 2. The van der Waals surface area contributed by atoms with Crippen LogP contribution in [-0.2, 0) is 20.1 Å². The Hall–Kier alpha value is -1.63. The molecule has 2 rings (SSSR count). The van der Waals surface area contributed by atoms with Gasteiger partial charge in [-0.15, -0.1) is 0 Å². The van der Waals surface area contributed by atoms with Crippen molar-refractivity contribution in [3.05, 3.63) is 25.6 Å². The fraction of sp³-hybridized carbons (Fsp3) is 0.500. The summed E-state index contributed by atoms with van der Waals surface area (Å²) in [6.45, 7) is 4.47. The van der Waals surface area contributed by atoms with Gasteiger partial charge in [0.25, 0.3) is 5.56 Å². The van der Waals surface area contributed by atoms with E-state index in [0.29, 0.717) is 29.0 Å². The summed E-state index contributed by atoms with van der Waals surface area (Å²) in [5, 5.41) is 0. The first-order valence-corrected chi connectivity index (χ1v) is 5.86. The molecule has 0 aromatic carbocycles. The summed E-state index contributed by atoms with van der Waals surface area (Å²) >= 11 is 5.09. The molecule has 0 amide bonds. The third-order valence-corrected chi connectivity index (χ3v) is 3.28. The maximum Gasteiger partial charge on any atom is 0.332 e. The monoisotopic (exact) mass is 254 g/mol. The zero-order valence-electron chi connectivity index (χ0n) is 9.98. The first-order valence-electron chi connectivity index (χ1n) is 5.45. The van der Waals surface area contributed by atoms with Crippen molar-refractivity contribution >= 4 is 23.4 Å². The Morgan fingerprint density at radius 2 is 1.76 bits per heavy atom. The minimum Gasteiger partial charge on any atom is -0.316 e. The number of fused-ring (bicyclic) bond motifs is 1. The van der Waals surface area contributed by atoms with Gasteiger partial charge in [0.2, 0.25) is 0 Å². The van der Waals surface area contributed by atoms with Gasteiger partial charge in [-0.1, -0.05) is 0 Å². The van der Waals surface area contributed by atoms with Crippen LogP contribution in [0.25, 0.3) is 11.2 Å². The van der Waals surface area contributed by atoms with Crippen molar-refractivity contribution < 1.29 is 0 Å². The summed E-state index contributed by atoms with van der Waals surface area (Å²) in [6.07, 6.45) is 0. The summed E-state index contributed by atoms with van der Waals surface area (Å²) in [5.74, 6) is 0. The summed E-state index contributed by atoms with van der Waals surface area (Å²) in [7, 11) is 1.72. The van der Waals surface area contributed by atoms with Crippen LogP contribution in [0.2, 0.25) is 0 Å². The van der Waals surface area contributed by atoms with Crippen LogP contribution in [-0.4, -0.2) is 18.7 Å². The normalized spacial score (nSPS) is 11.2. The molecule has 0 unspecified atom stereocenters. The Bertz CT molecular complexity index is 746. The number of aryl methyl sites for hydroxylation is 2. The predicted molar refractivity (Wildman–Crippen MR) is 68.0 cm³/mol. The van der Waals surface area contributed by atoms with Gasteiger partial charge in [0, 0.05) is 20.1 Å². The van der Waals surface area contributed by atoms with E-state index >= 15 is 0 Å². The maximum atomic E-state index is 12.1. The molecule has 7 heteroatoms. The smallest absolute Gasteiger partial charge is 0.316 e. The lowest BCUT2D eigenvalue weighted by Gasteiger charge is -2.08. The quantitative estimate of drug-likeness (QED) is 0.798. The molecular weight excluding hydrogens is 240 g/mol. The van der Waals surface area contributed by atoms with Gasteiger partial charge < -0.3 is 9.55 Å². The van der Waals surface area contributed by atoms with Gasteiger partial charge in [0.05, 0.1) is 0 Å². The van der Waals surface area contributed by atoms with Crippen LogP contribution in [0.5, 0.6) is 0 Å². The van der Waals surface area contributed by atoms with Crippen LogP contribution in [0.1, 0.15) is 13.8 Å². The minimum atomic E-state index is -0.302. The van der Waals surface area contributed by atoms with E-state index in [2.05, 4.69) is 4.98 Å². The number of nitrogens with one attached hydrogen (secondary N) is 1. The molecule has 0 bridgehead atoms. The lowest BCUT2D eigenvalue weighted by Crippen LogP contribution is -2.39. The van der Waals surface area contributed by atoms with Gasteiger partial charge in [0.1, 0.15) is 5.65 Å². The van der Waals surface area contributed by atoms with Crippen molar-refractivity contribution in [1.29, 1.82) is 0 Å². The third-order valence-electron chi connectivity index (χ3n) is 2.90. The Morgan fingerprint density at radius 1 is 1.18 bits per heavy atom. The number of imidazole rings is 1. The Balaban J connectivity index is 3.18. The number of hydrogen-bond acceptors (Lipinski definition) is 3. The molecule has 0 saturated carbocycles. The molecule has 0 fully saturated rings. The van der Waals surface area contributed by atoms with Gasteiger partial charge >= 0.3 is 5.69 Å². The first-order chi connectivity index (χ1) is 8.02. The molecule has 17 heavy (non-hydrogen) atoms. The van der Waals surface area contributed by atoms with Gasteiger partial charge in [-0.05, 0) is 26.1 Å². The Morgan fingerprint density at radius 3 is 2.29 bits per heavy atom. The highest BCUT2D eigenvalue weighted by atomic mass is 32.1. The van der Waals surface area contributed by atoms with E-state index in [-0.39, 0.29) is 11.2 Å². The Labute approximate surface area is 102 Å². The van der Waals surface area contributed by atoms with Crippen LogP contribution >= 0.6 is 12.2 Å². The molecule has 1 N–H and O–H groups in total. The molecule has 2 heterocycles. The molecule has 0 spiro atoms.